The molecule has 1 aliphatic rings. The first-order valence-electron chi connectivity index (χ1n) is 8.29. The van der Waals surface area contributed by atoms with E-state index in [0.29, 0.717) is 32.5 Å². The van der Waals surface area contributed by atoms with Crippen molar-refractivity contribution in [3.8, 4) is 5.75 Å². The summed E-state index contributed by atoms with van der Waals surface area (Å²) in [6.07, 6.45) is 3.60. The molecule has 1 fully saturated rings. The fraction of sp³-hybridized carbons (Fsp3) is 0.421. The summed E-state index contributed by atoms with van der Waals surface area (Å²) in [7, 11) is 1.66. The SMILES string of the molecule is COc1ccc(C[C@H]2CN(C(=O)CCc3ccco3)CCO2)cc1. The Labute approximate surface area is 142 Å². The van der Waals surface area contributed by atoms with Gasteiger partial charge in [-0.05, 0) is 29.8 Å². The average molecular weight is 329 g/mol. The Bertz CT molecular complexity index is 636. The molecular formula is C19H23NO4. The van der Waals surface area contributed by atoms with E-state index in [1.165, 1.54) is 5.56 Å². The Kier molecular flexibility index (Phi) is 5.54. The highest BCUT2D eigenvalue weighted by Crippen LogP contribution is 2.16. The van der Waals surface area contributed by atoms with Crippen molar-refractivity contribution in [3.63, 3.8) is 0 Å². The van der Waals surface area contributed by atoms with Crippen LogP contribution in [-0.2, 0) is 22.4 Å². The van der Waals surface area contributed by atoms with Crippen LogP contribution < -0.4 is 4.74 Å². The average Bonchev–Trinajstić information content (AvgIpc) is 3.14. The molecule has 5 nitrogen and oxygen atoms in total. The van der Waals surface area contributed by atoms with E-state index in [1.807, 2.05) is 41.3 Å². The maximum absolute atomic E-state index is 12.4. The smallest absolute Gasteiger partial charge is 0.223 e. The normalized spacial score (nSPS) is 17.7. The van der Waals surface area contributed by atoms with Gasteiger partial charge in [-0.3, -0.25) is 4.79 Å². The molecule has 0 aliphatic carbocycles. The molecule has 1 aliphatic heterocycles. The summed E-state index contributed by atoms with van der Waals surface area (Å²) in [6.45, 7) is 1.90. The van der Waals surface area contributed by atoms with E-state index in [1.54, 1.807) is 13.4 Å². The highest BCUT2D eigenvalue weighted by Gasteiger charge is 2.24. The van der Waals surface area contributed by atoms with Crippen molar-refractivity contribution in [1.82, 2.24) is 4.90 Å². The number of methoxy groups -OCH3 is 1. The van der Waals surface area contributed by atoms with Crippen LogP contribution >= 0.6 is 0 Å². The summed E-state index contributed by atoms with van der Waals surface area (Å²) in [5.74, 6) is 1.86. The van der Waals surface area contributed by atoms with E-state index in [9.17, 15) is 4.79 Å². The van der Waals surface area contributed by atoms with Crippen molar-refractivity contribution in [2.45, 2.75) is 25.4 Å². The van der Waals surface area contributed by atoms with Gasteiger partial charge in [-0.2, -0.15) is 0 Å². The Morgan fingerprint density at radius 1 is 1.29 bits per heavy atom. The molecule has 1 aromatic carbocycles. The predicted octanol–water partition coefficient (Wildman–Crippen LogP) is 2.69. The van der Waals surface area contributed by atoms with Gasteiger partial charge in [-0.25, -0.2) is 0 Å². The molecular weight excluding hydrogens is 306 g/mol. The van der Waals surface area contributed by atoms with Crippen LogP contribution in [0.1, 0.15) is 17.7 Å². The van der Waals surface area contributed by atoms with Crippen LogP contribution in [0.2, 0.25) is 0 Å². The minimum atomic E-state index is 0.0414. The Balaban J connectivity index is 1.50. The molecule has 0 spiro atoms. The third kappa shape index (κ3) is 4.38. The quantitative estimate of drug-likeness (QED) is 0.818. The van der Waals surface area contributed by atoms with E-state index in [0.717, 1.165) is 17.9 Å². The highest BCUT2D eigenvalue weighted by molar-refractivity contribution is 5.76. The molecule has 5 heteroatoms. The van der Waals surface area contributed by atoms with Crippen LogP contribution in [-0.4, -0.2) is 43.7 Å². The summed E-state index contributed by atoms with van der Waals surface area (Å²) in [5, 5.41) is 0. The van der Waals surface area contributed by atoms with E-state index in [-0.39, 0.29) is 12.0 Å². The number of nitrogens with zero attached hydrogens (tertiary/aromatic N) is 1. The van der Waals surface area contributed by atoms with Crippen LogP contribution in [0.4, 0.5) is 0 Å². The molecule has 128 valence electrons. The lowest BCUT2D eigenvalue weighted by Crippen LogP contribution is -2.46. The summed E-state index contributed by atoms with van der Waals surface area (Å²) >= 11 is 0. The van der Waals surface area contributed by atoms with E-state index >= 15 is 0 Å². The van der Waals surface area contributed by atoms with Gasteiger partial charge in [0.2, 0.25) is 5.91 Å². The molecule has 1 saturated heterocycles. The van der Waals surface area contributed by atoms with Gasteiger partial charge in [0.05, 0.1) is 26.1 Å². The van der Waals surface area contributed by atoms with Crippen molar-refractivity contribution in [2.24, 2.45) is 0 Å². The number of hydrogen-bond donors (Lipinski definition) is 0. The van der Waals surface area contributed by atoms with E-state index in [4.69, 9.17) is 13.9 Å². The fourth-order valence-electron chi connectivity index (χ4n) is 2.94. The van der Waals surface area contributed by atoms with E-state index < -0.39 is 0 Å². The molecule has 0 saturated carbocycles. The molecule has 1 aromatic heterocycles. The molecule has 1 atom stereocenters. The molecule has 0 N–H and O–H groups in total. The van der Waals surface area contributed by atoms with Gasteiger partial charge in [0, 0.05) is 32.4 Å². The zero-order valence-electron chi connectivity index (χ0n) is 13.9. The van der Waals surface area contributed by atoms with Gasteiger partial charge in [-0.15, -0.1) is 0 Å². The standard InChI is InChI=1S/C19H23NO4/c1-22-16-6-4-15(5-7-16)13-18-14-20(10-12-24-18)19(21)9-8-17-3-2-11-23-17/h2-7,11,18H,8-10,12-14H2,1H3/t18-/m0/s1. The molecule has 2 aromatic rings. The maximum Gasteiger partial charge on any atom is 0.223 e. The van der Waals surface area contributed by atoms with Crippen molar-refractivity contribution >= 4 is 5.91 Å². The molecule has 2 heterocycles. The van der Waals surface area contributed by atoms with Gasteiger partial charge in [0.15, 0.2) is 0 Å². The Morgan fingerprint density at radius 2 is 2.12 bits per heavy atom. The third-order valence-electron chi connectivity index (χ3n) is 4.28. The van der Waals surface area contributed by atoms with Crippen molar-refractivity contribution in [3.05, 3.63) is 54.0 Å². The van der Waals surface area contributed by atoms with Gasteiger partial charge < -0.3 is 18.8 Å². The number of rotatable bonds is 6. The van der Waals surface area contributed by atoms with Crippen LogP contribution in [0.3, 0.4) is 0 Å². The number of aryl methyl sites for hydroxylation is 1. The Hall–Kier alpha value is -2.27. The summed E-state index contributed by atoms with van der Waals surface area (Å²) in [6, 6.07) is 11.7. The largest absolute Gasteiger partial charge is 0.497 e. The summed E-state index contributed by atoms with van der Waals surface area (Å²) in [4.78, 5) is 14.3. The van der Waals surface area contributed by atoms with Crippen LogP contribution in [0.15, 0.2) is 47.1 Å². The third-order valence-corrected chi connectivity index (χ3v) is 4.28. The highest BCUT2D eigenvalue weighted by atomic mass is 16.5. The molecule has 1 amide bonds. The first-order valence-corrected chi connectivity index (χ1v) is 8.29. The number of furan rings is 1. The monoisotopic (exact) mass is 329 g/mol. The second-order valence-corrected chi connectivity index (χ2v) is 5.96. The van der Waals surface area contributed by atoms with Crippen molar-refractivity contribution in [2.75, 3.05) is 26.8 Å². The number of carbonyl (C=O) groups is 1. The number of amides is 1. The van der Waals surface area contributed by atoms with Crippen molar-refractivity contribution < 1.29 is 18.7 Å². The second-order valence-electron chi connectivity index (χ2n) is 5.96. The lowest BCUT2D eigenvalue weighted by molar-refractivity contribution is -0.138. The second kappa shape index (κ2) is 8.02. The number of morpholine rings is 1. The minimum Gasteiger partial charge on any atom is -0.497 e. The van der Waals surface area contributed by atoms with E-state index in [2.05, 4.69) is 0 Å². The van der Waals surface area contributed by atoms with Crippen LogP contribution in [0, 0.1) is 0 Å². The van der Waals surface area contributed by atoms with Crippen LogP contribution in [0.5, 0.6) is 5.75 Å². The maximum atomic E-state index is 12.4. The topological polar surface area (TPSA) is 51.9 Å². The zero-order valence-corrected chi connectivity index (χ0v) is 13.9. The van der Waals surface area contributed by atoms with Gasteiger partial charge in [0.25, 0.3) is 0 Å². The molecule has 0 unspecified atom stereocenters. The number of ether oxygens (including phenoxy) is 2. The number of carbonyl (C=O) groups excluding carboxylic acids is 1. The number of hydrogen-bond acceptors (Lipinski definition) is 4. The van der Waals surface area contributed by atoms with Gasteiger partial charge in [-0.1, -0.05) is 12.1 Å². The first-order chi connectivity index (χ1) is 11.7. The van der Waals surface area contributed by atoms with Crippen LogP contribution in [0.25, 0.3) is 0 Å². The summed E-state index contributed by atoms with van der Waals surface area (Å²) < 4.78 is 16.3. The summed E-state index contributed by atoms with van der Waals surface area (Å²) in [5.41, 5.74) is 1.19. The molecule has 24 heavy (non-hydrogen) atoms. The zero-order chi connectivity index (χ0) is 16.8. The van der Waals surface area contributed by atoms with Gasteiger partial charge >= 0.3 is 0 Å². The molecule has 0 radical (unpaired) electrons. The lowest BCUT2D eigenvalue weighted by Gasteiger charge is -2.33. The molecule has 0 bridgehead atoms. The Morgan fingerprint density at radius 3 is 2.83 bits per heavy atom. The van der Waals surface area contributed by atoms with Crippen molar-refractivity contribution in [1.29, 1.82) is 0 Å². The first kappa shape index (κ1) is 16.6. The minimum absolute atomic E-state index is 0.0414. The van der Waals surface area contributed by atoms with Gasteiger partial charge in [0.1, 0.15) is 11.5 Å². The number of benzene rings is 1. The molecule has 3 rings (SSSR count). The predicted molar refractivity (Wildman–Crippen MR) is 90.0 cm³/mol. The lowest BCUT2D eigenvalue weighted by atomic mass is 10.1. The fourth-order valence-corrected chi connectivity index (χ4v) is 2.94.